The molecule has 4 heterocycles. The number of imidazole rings is 1. The Bertz CT molecular complexity index is 1080. The molecule has 1 aliphatic rings. The van der Waals surface area contributed by atoms with Crippen molar-refractivity contribution in [3.05, 3.63) is 45.5 Å². The van der Waals surface area contributed by atoms with Crippen LogP contribution in [-0.2, 0) is 0 Å². The quantitative estimate of drug-likeness (QED) is 0.728. The number of aromatic nitrogens is 5. The SMILES string of the molecule is CC1(CC(F)F)CN(c2cc(-c3c[nH]c(=O)[nH]c3=O)nn3ccnc23)C1. The van der Waals surface area contributed by atoms with Gasteiger partial charge in [0, 0.05) is 43.5 Å². The van der Waals surface area contributed by atoms with Gasteiger partial charge in [0.2, 0.25) is 6.43 Å². The fourth-order valence-electron chi connectivity index (χ4n) is 3.41. The lowest BCUT2D eigenvalue weighted by Crippen LogP contribution is -2.55. The molecule has 0 unspecified atom stereocenters. The summed E-state index contributed by atoms with van der Waals surface area (Å²) >= 11 is 0. The van der Waals surface area contributed by atoms with E-state index in [1.165, 1.54) is 10.7 Å². The molecule has 4 rings (SSSR count). The number of nitrogens with one attached hydrogen (secondary N) is 2. The first-order valence-electron chi connectivity index (χ1n) is 8.04. The maximum atomic E-state index is 12.7. The van der Waals surface area contributed by atoms with E-state index in [2.05, 4.69) is 20.1 Å². The topological polar surface area (TPSA) is 99.2 Å². The van der Waals surface area contributed by atoms with E-state index in [0.29, 0.717) is 30.1 Å². The molecule has 1 saturated heterocycles. The van der Waals surface area contributed by atoms with E-state index in [-0.39, 0.29) is 12.0 Å². The van der Waals surface area contributed by atoms with E-state index >= 15 is 0 Å². The van der Waals surface area contributed by atoms with E-state index in [0.717, 1.165) is 0 Å². The summed E-state index contributed by atoms with van der Waals surface area (Å²) in [5.41, 5.74) is 0.219. The van der Waals surface area contributed by atoms with Crippen LogP contribution in [0, 0.1) is 5.41 Å². The smallest absolute Gasteiger partial charge is 0.325 e. The molecule has 8 nitrogen and oxygen atoms in total. The van der Waals surface area contributed by atoms with Crippen molar-refractivity contribution in [2.45, 2.75) is 19.8 Å². The van der Waals surface area contributed by atoms with Gasteiger partial charge in [-0.1, -0.05) is 6.92 Å². The summed E-state index contributed by atoms with van der Waals surface area (Å²) in [6, 6.07) is 1.69. The predicted octanol–water partition coefficient (Wildman–Crippen LogP) is 1.25. The molecule has 1 fully saturated rings. The molecule has 136 valence electrons. The van der Waals surface area contributed by atoms with Gasteiger partial charge in [0.15, 0.2) is 5.65 Å². The zero-order valence-corrected chi connectivity index (χ0v) is 13.9. The Labute approximate surface area is 145 Å². The number of halogens is 2. The van der Waals surface area contributed by atoms with Gasteiger partial charge in [-0.2, -0.15) is 5.10 Å². The van der Waals surface area contributed by atoms with Crippen molar-refractivity contribution >= 4 is 11.3 Å². The van der Waals surface area contributed by atoms with E-state index in [9.17, 15) is 18.4 Å². The predicted molar refractivity (Wildman–Crippen MR) is 90.6 cm³/mol. The molecular formula is C16H16F2N6O2. The first-order valence-corrected chi connectivity index (χ1v) is 8.04. The van der Waals surface area contributed by atoms with Crippen molar-refractivity contribution < 1.29 is 8.78 Å². The number of anilines is 1. The minimum Gasteiger partial charge on any atom is -0.367 e. The molecule has 0 atom stereocenters. The third kappa shape index (κ3) is 2.76. The van der Waals surface area contributed by atoms with Crippen molar-refractivity contribution in [1.82, 2.24) is 24.6 Å². The molecule has 0 saturated carbocycles. The van der Waals surface area contributed by atoms with Gasteiger partial charge in [0.25, 0.3) is 5.56 Å². The molecule has 26 heavy (non-hydrogen) atoms. The van der Waals surface area contributed by atoms with Crippen LogP contribution in [0.15, 0.2) is 34.2 Å². The summed E-state index contributed by atoms with van der Waals surface area (Å²) in [7, 11) is 0. The van der Waals surface area contributed by atoms with Crippen LogP contribution in [0.25, 0.3) is 16.9 Å². The van der Waals surface area contributed by atoms with Gasteiger partial charge >= 0.3 is 5.69 Å². The van der Waals surface area contributed by atoms with Gasteiger partial charge in [-0.15, -0.1) is 0 Å². The lowest BCUT2D eigenvalue weighted by Gasteiger charge is -2.49. The number of rotatable bonds is 4. The zero-order valence-electron chi connectivity index (χ0n) is 13.9. The van der Waals surface area contributed by atoms with Gasteiger partial charge in [-0.05, 0) is 6.07 Å². The van der Waals surface area contributed by atoms with Crippen molar-refractivity contribution in [3.63, 3.8) is 0 Å². The second-order valence-electron chi connectivity index (χ2n) is 6.86. The second kappa shape index (κ2) is 5.75. The monoisotopic (exact) mass is 362 g/mol. The summed E-state index contributed by atoms with van der Waals surface area (Å²) in [5, 5.41) is 4.35. The number of fused-ring (bicyclic) bond motifs is 1. The van der Waals surface area contributed by atoms with E-state index in [4.69, 9.17) is 0 Å². The van der Waals surface area contributed by atoms with Crippen LogP contribution in [0.1, 0.15) is 13.3 Å². The lowest BCUT2D eigenvalue weighted by molar-refractivity contribution is 0.0647. The average molecular weight is 362 g/mol. The molecule has 0 aromatic carbocycles. The molecule has 0 bridgehead atoms. The standard InChI is InChI=1S/C16H16F2N6O2/c1-16(5-12(17)18)7-23(8-16)11-4-10(22-24-3-2-19-13(11)24)9-6-20-15(26)21-14(9)25/h2-4,6,12H,5,7-8H2,1H3,(H2,20,21,25,26). The van der Waals surface area contributed by atoms with Crippen LogP contribution in [0.2, 0.25) is 0 Å². The first kappa shape index (κ1) is 16.4. The fraction of sp³-hybridized carbons (Fsp3) is 0.375. The first-order chi connectivity index (χ1) is 12.3. The summed E-state index contributed by atoms with van der Waals surface area (Å²) in [5.74, 6) is 0. The molecule has 2 N–H and O–H groups in total. The van der Waals surface area contributed by atoms with Gasteiger partial charge in [0.1, 0.15) is 5.69 Å². The van der Waals surface area contributed by atoms with Crippen LogP contribution in [0.4, 0.5) is 14.5 Å². The summed E-state index contributed by atoms with van der Waals surface area (Å²) in [6.45, 7) is 2.75. The molecule has 10 heteroatoms. The molecule has 0 aliphatic carbocycles. The minimum absolute atomic E-state index is 0.161. The van der Waals surface area contributed by atoms with E-state index < -0.39 is 23.1 Å². The largest absolute Gasteiger partial charge is 0.367 e. The van der Waals surface area contributed by atoms with Crippen LogP contribution in [0.3, 0.4) is 0 Å². The third-order valence-electron chi connectivity index (χ3n) is 4.57. The van der Waals surface area contributed by atoms with Crippen LogP contribution >= 0.6 is 0 Å². The highest BCUT2D eigenvalue weighted by Gasteiger charge is 2.41. The van der Waals surface area contributed by atoms with Gasteiger partial charge in [0.05, 0.1) is 11.3 Å². The zero-order chi connectivity index (χ0) is 18.5. The summed E-state index contributed by atoms with van der Waals surface area (Å²) < 4.78 is 27.0. The van der Waals surface area contributed by atoms with Crippen molar-refractivity contribution in [3.8, 4) is 11.3 Å². The Balaban J connectivity index is 1.75. The molecule has 0 spiro atoms. The second-order valence-corrected chi connectivity index (χ2v) is 6.86. The van der Waals surface area contributed by atoms with Crippen LogP contribution in [0.5, 0.6) is 0 Å². The Morgan fingerprint density at radius 1 is 1.35 bits per heavy atom. The Hall–Kier alpha value is -3.04. The summed E-state index contributed by atoms with van der Waals surface area (Å²) in [4.78, 5) is 34.1. The van der Waals surface area contributed by atoms with E-state index in [1.54, 1.807) is 18.5 Å². The Morgan fingerprint density at radius 3 is 2.81 bits per heavy atom. The molecule has 3 aromatic heterocycles. The number of H-pyrrole nitrogens is 2. The Kier molecular flexibility index (Phi) is 3.63. The number of hydrogen-bond donors (Lipinski definition) is 2. The molecule has 0 amide bonds. The normalized spacial score (nSPS) is 16.2. The highest BCUT2D eigenvalue weighted by molar-refractivity contribution is 5.75. The molecule has 0 radical (unpaired) electrons. The third-order valence-corrected chi connectivity index (χ3v) is 4.57. The van der Waals surface area contributed by atoms with E-state index in [1.807, 2.05) is 11.8 Å². The van der Waals surface area contributed by atoms with Crippen LogP contribution in [-0.4, -0.2) is 44.1 Å². The molecular weight excluding hydrogens is 346 g/mol. The number of aromatic amines is 2. The fourth-order valence-corrected chi connectivity index (χ4v) is 3.41. The average Bonchev–Trinajstić information content (AvgIpc) is 2.99. The van der Waals surface area contributed by atoms with Crippen molar-refractivity contribution in [1.29, 1.82) is 0 Å². The number of hydrogen-bond acceptors (Lipinski definition) is 5. The highest BCUT2D eigenvalue weighted by atomic mass is 19.3. The number of nitrogens with zero attached hydrogens (tertiary/aromatic N) is 4. The maximum Gasteiger partial charge on any atom is 0.325 e. The van der Waals surface area contributed by atoms with Gasteiger partial charge in [-0.3, -0.25) is 9.78 Å². The highest BCUT2D eigenvalue weighted by Crippen LogP contribution is 2.40. The number of alkyl halides is 2. The minimum atomic E-state index is -2.35. The maximum absolute atomic E-state index is 12.7. The van der Waals surface area contributed by atoms with Gasteiger partial charge in [-0.25, -0.2) is 23.1 Å². The molecule has 1 aliphatic heterocycles. The van der Waals surface area contributed by atoms with Gasteiger partial charge < -0.3 is 9.88 Å². The van der Waals surface area contributed by atoms with Crippen molar-refractivity contribution in [2.75, 3.05) is 18.0 Å². The van der Waals surface area contributed by atoms with Crippen LogP contribution < -0.4 is 16.1 Å². The Morgan fingerprint density at radius 2 is 2.12 bits per heavy atom. The summed E-state index contributed by atoms with van der Waals surface area (Å²) in [6.07, 6.45) is 2.01. The lowest BCUT2D eigenvalue weighted by atomic mass is 9.78. The molecule has 3 aromatic rings. The van der Waals surface area contributed by atoms with Crippen molar-refractivity contribution in [2.24, 2.45) is 5.41 Å².